The lowest BCUT2D eigenvalue weighted by Gasteiger charge is -2.13. The Kier molecular flexibility index (Phi) is 7.14. The third kappa shape index (κ3) is 5.55. The van der Waals surface area contributed by atoms with Crippen molar-refractivity contribution < 1.29 is 19.1 Å². The molecule has 0 aliphatic heterocycles. The third-order valence-electron chi connectivity index (χ3n) is 6.18. The van der Waals surface area contributed by atoms with Crippen molar-refractivity contribution in [2.45, 2.75) is 13.8 Å². The standard InChI is InChI=1S/C34H26O4/c1-23(35)37-27-17-11-25(12-18-27)15-21-33-29-7-3-5-9-31(29)34(32-10-6-4-8-30(32)33)22-16-26-13-19-28(20-14-26)38-24(2)36/h3-22H,1-2H3/b21-15+,22-16+. The predicted molar refractivity (Wildman–Crippen MR) is 155 cm³/mol. The van der Waals surface area contributed by atoms with Crippen LogP contribution in [-0.2, 0) is 9.59 Å². The molecular formula is C34H26O4. The van der Waals surface area contributed by atoms with Crippen molar-refractivity contribution in [2.24, 2.45) is 0 Å². The summed E-state index contributed by atoms with van der Waals surface area (Å²) >= 11 is 0. The summed E-state index contributed by atoms with van der Waals surface area (Å²) in [6.07, 6.45) is 8.44. The van der Waals surface area contributed by atoms with E-state index in [2.05, 4.69) is 72.8 Å². The molecule has 0 amide bonds. The van der Waals surface area contributed by atoms with Crippen LogP contribution < -0.4 is 9.47 Å². The van der Waals surface area contributed by atoms with Gasteiger partial charge in [0.2, 0.25) is 0 Å². The van der Waals surface area contributed by atoms with E-state index >= 15 is 0 Å². The highest BCUT2D eigenvalue weighted by Crippen LogP contribution is 2.35. The maximum Gasteiger partial charge on any atom is 0.308 e. The number of hydrogen-bond donors (Lipinski definition) is 0. The number of rotatable bonds is 6. The summed E-state index contributed by atoms with van der Waals surface area (Å²) in [5.41, 5.74) is 4.30. The summed E-state index contributed by atoms with van der Waals surface area (Å²) in [7, 11) is 0. The number of benzene rings is 5. The van der Waals surface area contributed by atoms with Gasteiger partial charge in [-0.05, 0) is 68.1 Å². The Morgan fingerprint density at radius 3 is 1.08 bits per heavy atom. The molecule has 0 fully saturated rings. The van der Waals surface area contributed by atoms with Crippen LogP contribution in [0.15, 0.2) is 97.1 Å². The van der Waals surface area contributed by atoms with Crippen LogP contribution in [0.2, 0.25) is 0 Å². The van der Waals surface area contributed by atoms with Gasteiger partial charge < -0.3 is 9.47 Å². The topological polar surface area (TPSA) is 52.6 Å². The smallest absolute Gasteiger partial charge is 0.308 e. The Morgan fingerprint density at radius 2 is 0.789 bits per heavy atom. The Balaban J connectivity index is 1.55. The SMILES string of the molecule is CC(=O)Oc1ccc(/C=C/c2c3ccccc3c(/C=C/c3ccc(OC(C)=O)cc3)c3ccccc23)cc1. The first-order valence-corrected chi connectivity index (χ1v) is 12.3. The second-order valence-corrected chi connectivity index (χ2v) is 8.91. The zero-order valence-electron chi connectivity index (χ0n) is 21.2. The van der Waals surface area contributed by atoms with Crippen molar-refractivity contribution >= 4 is 57.8 Å². The first-order chi connectivity index (χ1) is 18.5. The number of fused-ring (bicyclic) bond motifs is 2. The number of carbonyl (C=O) groups is 2. The molecule has 0 spiro atoms. The van der Waals surface area contributed by atoms with Crippen LogP contribution in [-0.4, -0.2) is 11.9 Å². The van der Waals surface area contributed by atoms with Gasteiger partial charge in [0.05, 0.1) is 0 Å². The third-order valence-corrected chi connectivity index (χ3v) is 6.18. The minimum absolute atomic E-state index is 0.334. The van der Waals surface area contributed by atoms with Gasteiger partial charge in [0.1, 0.15) is 11.5 Å². The number of ether oxygens (including phenoxy) is 2. The lowest BCUT2D eigenvalue weighted by Crippen LogP contribution is -2.00. The summed E-state index contributed by atoms with van der Waals surface area (Å²) in [5, 5.41) is 4.63. The van der Waals surface area contributed by atoms with Crippen molar-refractivity contribution in [3.05, 3.63) is 119 Å². The molecule has 38 heavy (non-hydrogen) atoms. The summed E-state index contributed by atoms with van der Waals surface area (Å²) < 4.78 is 10.3. The maximum absolute atomic E-state index is 11.2. The zero-order valence-corrected chi connectivity index (χ0v) is 21.2. The Bertz CT molecular complexity index is 1510. The van der Waals surface area contributed by atoms with Crippen LogP contribution in [0.25, 0.3) is 45.8 Å². The fourth-order valence-corrected chi connectivity index (χ4v) is 4.54. The van der Waals surface area contributed by atoms with E-state index in [9.17, 15) is 9.59 Å². The maximum atomic E-state index is 11.2. The molecule has 0 saturated heterocycles. The van der Waals surface area contributed by atoms with Crippen molar-refractivity contribution in [3.63, 3.8) is 0 Å². The fraction of sp³-hybridized carbons (Fsp3) is 0.0588. The Labute approximate surface area is 221 Å². The molecule has 0 aliphatic rings. The molecule has 0 aromatic heterocycles. The Hall–Kier alpha value is -4.96. The molecule has 0 aliphatic carbocycles. The van der Waals surface area contributed by atoms with Crippen molar-refractivity contribution in [1.82, 2.24) is 0 Å². The fourth-order valence-electron chi connectivity index (χ4n) is 4.54. The van der Waals surface area contributed by atoms with Gasteiger partial charge in [-0.1, -0.05) is 97.1 Å². The highest BCUT2D eigenvalue weighted by atomic mass is 16.5. The van der Waals surface area contributed by atoms with Crippen LogP contribution in [0, 0.1) is 0 Å². The van der Waals surface area contributed by atoms with Crippen molar-refractivity contribution in [3.8, 4) is 11.5 Å². The molecule has 0 unspecified atom stereocenters. The molecular weight excluding hydrogens is 472 g/mol. The lowest BCUT2D eigenvalue weighted by atomic mass is 9.91. The van der Waals surface area contributed by atoms with E-state index < -0.39 is 0 Å². The molecule has 0 N–H and O–H groups in total. The van der Waals surface area contributed by atoms with Crippen molar-refractivity contribution in [1.29, 1.82) is 0 Å². The van der Waals surface area contributed by atoms with Crippen LogP contribution in [0.4, 0.5) is 0 Å². The summed E-state index contributed by atoms with van der Waals surface area (Å²) in [5.74, 6) is 0.393. The summed E-state index contributed by atoms with van der Waals surface area (Å²) in [4.78, 5) is 22.4. The molecule has 186 valence electrons. The van der Waals surface area contributed by atoms with Crippen molar-refractivity contribution in [2.75, 3.05) is 0 Å². The molecule has 0 heterocycles. The van der Waals surface area contributed by atoms with E-state index in [0.29, 0.717) is 11.5 Å². The number of esters is 2. The normalized spacial score (nSPS) is 11.4. The van der Waals surface area contributed by atoms with Crippen LogP contribution in [0.5, 0.6) is 11.5 Å². The minimum Gasteiger partial charge on any atom is -0.427 e. The van der Waals surface area contributed by atoms with Gasteiger partial charge in [-0.3, -0.25) is 9.59 Å². The predicted octanol–water partition coefficient (Wildman–Crippen LogP) is 8.18. The van der Waals surface area contributed by atoms with Gasteiger partial charge in [0, 0.05) is 13.8 Å². The summed E-state index contributed by atoms with van der Waals surface area (Å²) in [6, 6.07) is 31.8. The van der Waals surface area contributed by atoms with Crippen LogP contribution in [0.1, 0.15) is 36.1 Å². The van der Waals surface area contributed by atoms with Gasteiger partial charge >= 0.3 is 11.9 Å². The average Bonchev–Trinajstić information content (AvgIpc) is 2.91. The van der Waals surface area contributed by atoms with E-state index in [1.807, 2.05) is 24.3 Å². The average molecular weight is 499 g/mol. The first kappa shape index (κ1) is 24.7. The van der Waals surface area contributed by atoms with Gasteiger partial charge in [-0.2, -0.15) is 0 Å². The Morgan fingerprint density at radius 1 is 0.474 bits per heavy atom. The molecule has 0 bridgehead atoms. The zero-order chi connectivity index (χ0) is 26.5. The van der Waals surface area contributed by atoms with E-state index in [4.69, 9.17) is 9.47 Å². The number of hydrogen-bond acceptors (Lipinski definition) is 4. The summed E-state index contributed by atoms with van der Waals surface area (Å²) in [6.45, 7) is 2.79. The van der Waals surface area contributed by atoms with E-state index in [0.717, 1.165) is 43.8 Å². The molecule has 0 saturated carbocycles. The number of carbonyl (C=O) groups excluding carboxylic acids is 2. The quantitative estimate of drug-likeness (QED) is 0.102. The minimum atomic E-state index is -0.334. The molecule has 5 aromatic rings. The lowest BCUT2D eigenvalue weighted by molar-refractivity contribution is -0.132. The highest BCUT2D eigenvalue weighted by molar-refractivity contribution is 6.14. The second kappa shape index (κ2) is 11.0. The molecule has 0 atom stereocenters. The highest BCUT2D eigenvalue weighted by Gasteiger charge is 2.10. The monoisotopic (exact) mass is 498 g/mol. The molecule has 4 nitrogen and oxygen atoms in total. The second-order valence-electron chi connectivity index (χ2n) is 8.91. The molecule has 0 radical (unpaired) electrons. The molecule has 5 aromatic carbocycles. The van der Waals surface area contributed by atoms with E-state index in [1.165, 1.54) is 13.8 Å². The largest absolute Gasteiger partial charge is 0.427 e. The van der Waals surface area contributed by atoms with Crippen LogP contribution in [0.3, 0.4) is 0 Å². The van der Waals surface area contributed by atoms with E-state index in [1.54, 1.807) is 24.3 Å². The van der Waals surface area contributed by atoms with Gasteiger partial charge in [0.25, 0.3) is 0 Å². The van der Waals surface area contributed by atoms with Gasteiger partial charge in [0.15, 0.2) is 0 Å². The first-order valence-electron chi connectivity index (χ1n) is 12.3. The van der Waals surface area contributed by atoms with Gasteiger partial charge in [-0.25, -0.2) is 0 Å². The molecule has 5 rings (SSSR count). The molecule has 4 heteroatoms. The van der Waals surface area contributed by atoms with E-state index in [-0.39, 0.29) is 11.9 Å². The van der Waals surface area contributed by atoms with Crippen LogP contribution >= 0.6 is 0 Å². The van der Waals surface area contributed by atoms with Gasteiger partial charge in [-0.15, -0.1) is 0 Å².